The Kier molecular flexibility index (Phi) is 7.00. The summed E-state index contributed by atoms with van der Waals surface area (Å²) < 4.78 is 39.8. The van der Waals surface area contributed by atoms with E-state index in [-0.39, 0.29) is 12.4 Å². The lowest BCUT2D eigenvalue weighted by Gasteiger charge is -2.29. The largest absolute Gasteiger partial charge is 0.446 e. The molecule has 210 valence electrons. The molecule has 11 nitrogen and oxygen atoms in total. The fourth-order valence-electron chi connectivity index (χ4n) is 5.33. The lowest BCUT2D eigenvalue weighted by molar-refractivity contribution is -0.199. The highest BCUT2D eigenvalue weighted by molar-refractivity contribution is 5.84. The molecule has 2 N–H and O–H groups in total. The normalized spacial score (nSPS) is 26.3. The first-order chi connectivity index (χ1) is 19.3. The molecule has 2 aromatic carbocycles. The summed E-state index contributed by atoms with van der Waals surface area (Å²) in [6, 6.07) is 15.6. The molecular formula is C28H31FN6O5. The molecule has 1 amide bonds. The van der Waals surface area contributed by atoms with Crippen molar-refractivity contribution < 1.29 is 28.1 Å². The highest BCUT2D eigenvalue weighted by Crippen LogP contribution is 2.45. The van der Waals surface area contributed by atoms with E-state index in [0.717, 1.165) is 5.56 Å². The van der Waals surface area contributed by atoms with Crippen molar-refractivity contribution in [3.63, 3.8) is 0 Å². The number of amides is 1. The molecule has 0 bridgehead atoms. The van der Waals surface area contributed by atoms with E-state index in [1.807, 2.05) is 54.6 Å². The first kappa shape index (κ1) is 26.4. The van der Waals surface area contributed by atoms with Gasteiger partial charge in [-0.25, -0.2) is 19.2 Å². The number of carbonyl (C=O) groups is 1. The van der Waals surface area contributed by atoms with Gasteiger partial charge in [0.05, 0.1) is 12.7 Å². The zero-order valence-corrected chi connectivity index (χ0v) is 22.4. The number of benzene rings is 2. The Morgan fingerprint density at radius 3 is 2.77 bits per heavy atom. The predicted octanol–water partition coefficient (Wildman–Crippen LogP) is 4.27. The Bertz CT molecular complexity index is 1400. The summed E-state index contributed by atoms with van der Waals surface area (Å²) >= 11 is 0. The molecule has 0 saturated carbocycles. The van der Waals surface area contributed by atoms with Crippen molar-refractivity contribution in [1.82, 2.24) is 14.5 Å². The van der Waals surface area contributed by atoms with Gasteiger partial charge in [-0.1, -0.05) is 30.3 Å². The Labute approximate surface area is 230 Å². The van der Waals surface area contributed by atoms with Gasteiger partial charge in [-0.3, -0.25) is 14.8 Å². The summed E-state index contributed by atoms with van der Waals surface area (Å²) in [5.41, 5.74) is 2.16. The number of fused-ring (bicyclic) bond motifs is 2. The fraction of sp³-hybridized carbons (Fsp3) is 0.393. The summed E-state index contributed by atoms with van der Waals surface area (Å²) in [4.78, 5) is 23.6. The number of hydrogen-bond donors (Lipinski definition) is 2. The number of ether oxygens (including phenoxy) is 4. The monoisotopic (exact) mass is 550 g/mol. The fourth-order valence-corrected chi connectivity index (χ4v) is 5.33. The third-order valence-corrected chi connectivity index (χ3v) is 7.02. The Balaban J connectivity index is 1.18. The Morgan fingerprint density at radius 1 is 1.18 bits per heavy atom. The molecule has 4 heterocycles. The number of aromatic nitrogens is 2. The third kappa shape index (κ3) is 5.30. The van der Waals surface area contributed by atoms with Crippen LogP contribution in [0.15, 0.2) is 65.9 Å². The van der Waals surface area contributed by atoms with Crippen molar-refractivity contribution in [3.05, 3.63) is 78.0 Å². The highest BCUT2D eigenvalue weighted by Gasteiger charge is 2.56. The molecule has 3 aliphatic rings. The molecule has 5 atom stereocenters. The molecule has 2 saturated heterocycles. The summed E-state index contributed by atoms with van der Waals surface area (Å²) in [6.45, 7) is 4.13. The lowest BCUT2D eigenvalue weighted by Crippen LogP contribution is -2.34. The molecule has 0 radical (unpaired) electrons. The van der Waals surface area contributed by atoms with Gasteiger partial charge < -0.3 is 24.3 Å². The zero-order chi connectivity index (χ0) is 27.9. The molecular weight excluding hydrogens is 519 g/mol. The van der Waals surface area contributed by atoms with E-state index in [9.17, 15) is 9.18 Å². The second-order valence-electron chi connectivity index (χ2n) is 10.4. The van der Waals surface area contributed by atoms with E-state index >= 15 is 0 Å². The van der Waals surface area contributed by atoms with Gasteiger partial charge >= 0.3 is 6.09 Å². The molecule has 12 heteroatoms. The lowest BCUT2D eigenvalue weighted by atomic mass is 10.1. The van der Waals surface area contributed by atoms with E-state index in [4.69, 9.17) is 18.9 Å². The third-order valence-electron chi connectivity index (χ3n) is 7.02. The standard InChI is InChI=1S/C28H31FN6O5/c1-28(2)39-22-20(14-37-27(36)33-19-10-5-4-6-11-19)38-26(23(22)40-28)35-16-32-21-24(30-15-31-25(21)35)34(3)13-17-8-7-9-18(29)12-17/h4-12,15-16,20,22-24,26H,13-14H2,1-3H3,(H,30,31)(H,33,36)/t20?,22-,23-,24?,26-/m1/s1. The molecule has 0 spiro atoms. The average molecular weight is 551 g/mol. The van der Waals surface area contributed by atoms with E-state index in [1.165, 1.54) is 12.1 Å². The van der Waals surface area contributed by atoms with E-state index in [0.29, 0.717) is 23.7 Å². The second-order valence-corrected chi connectivity index (χ2v) is 10.4. The number of aliphatic imine (C=N–C) groups is 1. The number of para-hydroxylation sites is 1. The smallest absolute Gasteiger partial charge is 0.411 e. The number of hydrogen-bond acceptors (Lipinski definition) is 9. The van der Waals surface area contributed by atoms with Crippen LogP contribution in [0.4, 0.5) is 20.7 Å². The van der Waals surface area contributed by atoms with Crippen molar-refractivity contribution in [1.29, 1.82) is 0 Å². The molecule has 6 rings (SSSR count). The minimum atomic E-state index is -0.842. The number of carbonyl (C=O) groups excluding carboxylic acids is 1. The first-order valence-corrected chi connectivity index (χ1v) is 13.1. The summed E-state index contributed by atoms with van der Waals surface area (Å²) in [7, 11) is 1.91. The quantitative estimate of drug-likeness (QED) is 0.449. The number of rotatable bonds is 7. The number of nitrogens with zero attached hydrogens (tertiary/aromatic N) is 4. The molecule has 2 unspecified atom stereocenters. The molecule has 40 heavy (non-hydrogen) atoms. The molecule has 3 aromatic rings. The zero-order valence-electron chi connectivity index (χ0n) is 22.4. The van der Waals surface area contributed by atoms with Crippen LogP contribution in [0.2, 0.25) is 0 Å². The van der Waals surface area contributed by atoms with Gasteiger partial charge in [0, 0.05) is 12.2 Å². The van der Waals surface area contributed by atoms with Crippen LogP contribution >= 0.6 is 0 Å². The Morgan fingerprint density at radius 2 is 1.98 bits per heavy atom. The second kappa shape index (κ2) is 10.6. The Hall–Kier alpha value is -3.84. The van der Waals surface area contributed by atoms with Crippen molar-refractivity contribution in [3.8, 4) is 0 Å². The van der Waals surface area contributed by atoms with Gasteiger partial charge in [0.2, 0.25) is 0 Å². The van der Waals surface area contributed by atoms with Crippen molar-refractivity contribution in [2.45, 2.75) is 56.9 Å². The van der Waals surface area contributed by atoms with Gasteiger partial charge in [-0.2, -0.15) is 0 Å². The van der Waals surface area contributed by atoms with Crippen LogP contribution in [-0.2, 0) is 25.5 Å². The predicted molar refractivity (Wildman–Crippen MR) is 144 cm³/mol. The first-order valence-electron chi connectivity index (χ1n) is 13.1. The molecule has 3 aliphatic heterocycles. The van der Waals surface area contributed by atoms with Crippen molar-refractivity contribution in [2.24, 2.45) is 4.99 Å². The van der Waals surface area contributed by atoms with E-state index in [1.54, 1.807) is 30.9 Å². The minimum absolute atomic E-state index is 0.0272. The van der Waals surface area contributed by atoms with Gasteiger partial charge in [-0.15, -0.1) is 0 Å². The summed E-state index contributed by atoms with van der Waals surface area (Å²) in [5.74, 6) is -0.424. The van der Waals surface area contributed by atoms with Gasteiger partial charge in [-0.05, 0) is 50.7 Å². The molecule has 0 aliphatic carbocycles. The van der Waals surface area contributed by atoms with E-state index < -0.39 is 42.6 Å². The summed E-state index contributed by atoms with van der Waals surface area (Å²) in [5, 5.41) is 5.89. The number of anilines is 2. The minimum Gasteiger partial charge on any atom is -0.446 e. The topological polar surface area (TPSA) is 111 Å². The maximum absolute atomic E-state index is 13.7. The summed E-state index contributed by atoms with van der Waals surface area (Å²) in [6.07, 6.45) is 0.212. The van der Waals surface area contributed by atoms with Crippen LogP contribution in [0.25, 0.3) is 0 Å². The van der Waals surface area contributed by atoms with Crippen LogP contribution in [0, 0.1) is 5.82 Å². The number of halogens is 1. The maximum atomic E-state index is 13.7. The van der Waals surface area contributed by atoms with Crippen molar-refractivity contribution >= 4 is 23.9 Å². The molecule has 1 aromatic heterocycles. The van der Waals surface area contributed by atoms with Crippen LogP contribution in [-0.4, -0.2) is 64.6 Å². The SMILES string of the molecule is CN(Cc1cccc(F)c1)C1N=CNc2c1ncn2[C@@H]1OC(COC(=O)Nc2ccccc2)[C@H]2OC(C)(C)O[C@H]21. The van der Waals surface area contributed by atoms with E-state index in [2.05, 4.69) is 20.6 Å². The van der Waals surface area contributed by atoms with Crippen LogP contribution in [0.3, 0.4) is 0 Å². The van der Waals surface area contributed by atoms with Gasteiger partial charge in [0.15, 0.2) is 18.2 Å². The number of imidazole rings is 1. The molecule has 2 fully saturated rings. The average Bonchev–Trinajstić information content (AvgIpc) is 3.58. The van der Waals surface area contributed by atoms with Crippen LogP contribution in [0.1, 0.15) is 37.5 Å². The van der Waals surface area contributed by atoms with Crippen LogP contribution < -0.4 is 10.6 Å². The number of nitrogens with one attached hydrogen (secondary N) is 2. The highest BCUT2D eigenvalue weighted by atomic mass is 19.1. The van der Waals surface area contributed by atoms with Gasteiger partial charge in [0.25, 0.3) is 0 Å². The van der Waals surface area contributed by atoms with Gasteiger partial charge in [0.1, 0.15) is 42.2 Å². The van der Waals surface area contributed by atoms with Crippen molar-refractivity contribution in [2.75, 3.05) is 24.3 Å². The van der Waals surface area contributed by atoms with Crippen LogP contribution in [0.5, 0.6) is 0 Å². The maximum Gasteiger partial charge on any atom is 0.411 e.